The number of thiazole rings is 1. The van der Waals surface area contributed by atoms with E-state index in [1.165, 1.54) is 34.9 Å². The summed E-state index contributed by atoms with van der Waals surface area (Å²) in [6.07, 6.45) is 5.27. The number of halogens is 2. The molecule has 0 bridgehead atoms. The van der Waals surface area contributed by atoms with Crippen LogP contribution in [0.2, 0.25) is 0 Å². The summed E-state index contributed by atoms with van der Waals surface area (Å²) in [5.41, 5.74) is 5.48. The van der Waals surface area contributed by atoms with Gasteiger partial charge < -0.3 is 5.11 Å². The number of hydrogen-bond donors (Lipinski definition) is 2. The zero-order chi connectivity index (χ0) is 28.8. The van der Waals surface area contributed by atoms with Crippen LogP contribution < -0.4 is 5.14 Å². The summed E-state index contributed by atoms with van der Waals surface area (Å²) in [5.74, 6) is -1.74. The van der Waals surface area contributed by atoms with Gasteiger partial charge in [0.2, 0.25) is 5.13 Å². The highest BCUT2D eigenvalue weighted by molar-refractivity contribution is 7.82. The van der Waals surface area contributed by atoms with Crippen LogP contribution in [0.25, 0.3) is 22.0 Å². The lowest BCUT2D eigenvalue weighted by Crippen LogP contribution is -2.07. The van der Waals surface area contributed by atoms with Gasteiger partial charge in [0, 0.05) is 46.8 Å². The summed E-state index contributed by atoms with van der Waals surface area (Å²) < 4.78 is 43.2. The van der Waals surface area contributed by atoms with Gasteiger partial charge in [-0.15, -0.1) is 11.3 Å². The second-order valence-electron chi connectivity index (χ2n) is 10.3. The number of rotatable bonds is 9. The largest absolute Gasteiger partial charge is 0.476 e. The number of aromatic carboxylic acids is 1. The third-order valence-electron chi connectivity index (χ3n) is 7.23. The van der Waals surface area contributed by atoms with Crippen molar-refractivity contribution in [1.82, 2.24) is 14.8 Å². The van der Waals surface area contributed by atoms with Crippen LogP contribution in [0.15, 0.2) is 57.9 Å². The topological polar surface area (TPSA) is 123 Å². The standard InChI is InChI=1S/C29H25F2N5O3S2/c1-15-8-19(13-33-15)20-12-18(5-6-22(20)30)27-21(9-17-4-7-26(41(32)39)23(31)10-17)25(11-16-2-3-16)36(35-27)29-34-24(14-40-29)28(37)38/h4-7,10,12-14,16H,2-3,8-9,11,32H2,1H3,(H,37,38). The minimum absolute atomic E-state index is 0.0824. The van der Waals surface area contributed by atoms with E-state index in [4.69, 9.17) is 10.2 Å². The maximum atomic E-state index is 15.0. The van der Waals surface area contributed by atoms with Gasteiger partial charge in [-0.05, 0) is 73.6 Å². The van der Waals surface area contributed by atoms with Crippen molar-refractivity contribution in [3.8, 4) is 16.4 Å². The average molecular weight is 594 g/mol. The molecule has 210 valence electrons. The summed E-state index contributed by atoms with van der Waals surface area (Å²) in [7, 11) is -1.96. The third kappa shape index (κ3) is 5.54. The Morgan fingerprint density at radius 2 is 2.00 bits per heavy atom. The molecule has 2 aliphatic rings. The van der Waals surface area contributed by atoms with Gasteiger partial charge in [0.05, 0.1) is 16.3 Å². The molecule has 0 spiro atoms. The zero-order valence-electron chi connectivity index (χ0n) is 21.9. The second kappa shape index (κ2) is 10.8. The quantitative estimate of drug-likeness (QED) is 0.258. The minimum Gasteiger partial charge on any atom is -0.476 e. The Bertz CT molecular complexity index is 1790. The summed E-state index contributed by atoms with van der Waals surface area (Å²) in [6, 6.07) is 9.21. The molecule has 1 unspecified atom stereocenters. The Hall–Kier alpha value is -3.87. The normalized spacial score (nSPS) is 15.6. The van der Waals surface area contributed by atoms with Crippen molar-refractivity contribution >= 4 is 39.6 Å². The van der Waals surface area contributed by atoms with E-state index in [-0.39, 0.29) is 22.8 Å². The van der Waals surface area contributed by atoms with E-state index < -0.39 is 22.8 Å². The summed E-state index contributed by atoms with van der Waals surface area (Å²) in [4.78, 5) is 20.1. The van der Waals surface area contributed by atoms with Gasteiger partial charge in [-0.1, -0.05) is 6.07 Å². The molecule has 4 aromatic rings. The van der Waals surface area contributed by atoms with Crippen molar-refractivity contribution in [2.24, 2.45) is 16.0 Å². The monoisotopic (exact) mass is 593 g/mol. The Morgan fingerprint density at radius 3 is 2.63 bits per heavy atom. The molecular weight excluding hydrogens is 568 g/mol. The number of allylic oxidation sites excluding steroid dienone is 1. The lowest BCUT2D eigenvalue weighted by Gasteiger charge is -2.11. The van der Waals surface area contributed by atoms with Crippen LogP contribution in [0, 0.1) is 17.6 Å². The molecule has 0 amide bonds. The van der Waals surface area contributed by atoms with Crippen LogP contribution in [0.5, 0.6) is 0 Å². The molecule has 1 aliphatic heterocycles. The Labute approximate surface area is 240 Å². The summed E-state index contributed by atoms with van der Waals surface area (Å²) in [5, 5.41) is 21.7. The number of carboxylic acid groups (broad SMARTS) is 1. The molecule has 2 aromatic heterocycles. The molecule has 8 nitrogen and oxygen atoms in total. The number of carboxylic acids is 1. The number of nitrogens with two attached hydrogens (primary N) is 1. The van der Waals surface area contributed by atoms with Gasteiger partial charge in [-0.25, -0.2) is 32.6 Å². The maximum absolute atomic E-state index is 15.0. The van der Waals surface area contributed by atoms with E-state index in [0.717, 1.165) is 35.4 Å². The fourth-order valence-electron chi connectivity index (χ4n) is 4.99. The van der Waals surface area contributed by atoms with E-state index in [0.29, 0.717) is 46.3 Å². The SMILES string of the molecule is CC1=NC=C(c2cc(-c3nn(-c4nc(C(=O)O)cs4)c(CC4CC4)c3Cc3ccc(S(N)=O)c(F)c3)ccc2F)C1. The first-order chi connectivity index (χ1) is 19.7. The lowest BCUT2D eigenvalue weighted by atomic mass is 9.94. The van der Waals surface area contributed by atoms with Gasteiger partial charge in [0.15, 0.2) is 5.69 Å². The molecule has 6 rings (SSSR count). The van der Waals surface area contributed by atoms with Crippen molar-refractivity contribution in [1.29, 1.82) is 0 Å². The van der Waals surface area contributed by atoms with Crippen molar-refractivity contribution in [2.75, 3.05) is 0 Å². The smallest absolute Gasteiger partial charge is 0.355 e. The van der Waals surface area contributed by atoms with E-state index in [2.05, 4.69) is 9.98 Å². The lowest BCUT2D eigenvalue weighted by molar-refractivity contribution is 0.0691. The molecule has 1 fully saturated rings. The highest BCUT2D eigenvalue weighted by atomic mass is 32.2. The molecular formula is C29H25F2N5O3S2. The van der Waals surface area contributed by atoms with Crippen molar-refractivity contribution in [3.63, 3.8) is 0 Å². The van der Waals surface area contributed by atoms with Gasteiger partial charge in [-0.3, -0.25) is 4.99 Å². The number of nitrogens with zero attached hydrogens (tertiary/aromatic N) is 4. The Balaban J connectivity index is 1.52. The maximum Gasteiger partial charge on any atom is 0.355 e. The molecule has 3 heterocycles. The van der Waals surface area contributed by atoms with Crippen LogP contribution in [0.3, 0.4) is 0 Å². The first-order valence-electron chi connectivity index (χ1n) is 12.9. The summed E-state index contributed by atoms with van der Waals surface area (Å²) in [6.45, 7) is 1.89. The fraction of sp³-hybridized carbons (Fsp3) is 0.241. The number of benzene rings is 2. The first kappa shape index (κ1) is 27.3. The number of carbonyl (C=O) groups is 1. The molecule has 12 heteroatoms. The summed E-state index contributed by atoms with van der Waals surface area (Å²) >= 11 is 1.17. The van der Waals surface area contributed by atoms with Gasteiger partial charge in [0.25, 0.3) is 0 Å². The van der Waals surface area contributed by atoms with Crippen LogP contribution in [-0.4, -0.2) is 35.8 Å². The molecule has 1 saturated carbocycles. The van der Waals surface area contributed by atoms with Gasteiger partial charge >= 0.3 is 5.97 Å². The van der Waals surface area contributed by atoms with E-state index in [9.17, 15) is 18.5 Å². The molecule has 1 aliphatic carbocycles. The third-order valence-corrected chi connectivity index (χ3v) is 8.81. The van der Waals surface area contributed by atoms with Crippen LogP contribution in [-0.2, 0) is 23.8 Å². The predicted octanol–water partition coefficient (Wildman–Crippen LogP) is 5.70. The molecule has 0 radical (unpaired) electrons. The first-order valence-corrected chi connectivity index (χ1v) is 15.0. The molecule has 1 atom stereocenters. The predicted molar refractivity (Wildman–Crippen MR) is 154 cm³/mol. The molecule has 41 heavy (non-hydrogen) atoms. The van der Waals surface area contributed by atoms with Crippen molar-refractivity contribution in [2.45, 2.75) is 43.9 Å². The van der Waals surface area contributed by atoms with E-state index in [1.54, 1.807) is 29.1 Å². The molecule has 0 saturated heterocycles. The van der Waals surface area contributed by atoms with Crippen LogP contribution >= 0.6 is 11.3 Å². The van der Waals surface area contributed by atoms with E-state index >= 15 is 4.39 Å². The van der Waals surface area contributed by atoms with E-state index in [1.807, 2.05) is 6.92 Å². The van der Waals surface area contributed by atoms with Crippen molar-refractivity contribution < 1.29 is 22.9 Å². The van der Waals surface area contributed by atoms with Gasteiger partial charge in [0.1, 0.15) is 22.6 Å². The average Bonchev–Trinajstić information content (AvgIpc) is 3.28. The zero-order valence-corrected chi connectivity index (χ0v) is 23.6. The van der Waals surface area contributed by atoms with Gasteiger partial charge in [-0.2, -0.15) is 5.10 Å². The molecule has 3 N–H and O–H groups in total. The van der Waals surface area contributed by atoms with Crippen LogP contribution in [0.1, 0.15) is 59.1 Å². The van der Waals surface area contributed by atoms with Crippen LogP contribution in [0.4, 0.5) is 8.78 Å². The molecule has 2 aromatic carbocycles. The Kier molecular flexibility index (Phi) is 7.22. The number of aromatic nitrogens is 3. The minimum atomic E-state index is -1.96. The highest BCUT2D eigenvalue weighted by Crippen LogP contribution is 2.39. The Morgan fingerprint density at radius 1 is 1.20 bits per heavy atom. The number of hydrogen-bond acceptors (Lipinski definition) is 6. The highest BCUT2D eigenvalue weighted by Gasteiger charge is 2.30. The second-order valence-corrected chi connectivity index (χ2v) is 12.2. The fourth-order valence-corrected chi connectivity index (χ4v) is 6.21. The number of aliphatic imine (C=N–C) groups is 1. The van der Waals surface area contributed by atoms with Crippen molar-refractivity contribution in [3.05, 3.63) is 87.7 Å².